The van der Waals surface area contributed by atoms with Crippen LogP contribution in [-0.2, 0) is 18.9 Å². The standard InChI is InChI=1S/C10H21NO4/c1-12-4-5-13-6-7-14-9-10-8-11-2-3-15-10/h10-11H,2-9H2,1H3. The summed E-state index contributed by atoms with van der Waals surface area (Å²) in [5, 5.41) is 3.25. The molecule has 1 rings (SSSR count). The van der Waals surface area contributed by atoms with Gasteiger partial charge in [0.2, 0.25) is 0 Å². The summed E-state index contributed by atoms with van der Waals surface area (Å²) in [5.74, 6) is 0. The molecule has 0 bridgehead atoms. The average Bonchev–Trinajstić information content (AvgIpc) is 2.29. The summed E-state index contributed by atoms with van der Waals surface area (Å²) in [6.45, 7) is 5.73. The van der Waals surface area contributed by atoms with Crippen molar-refractivity contribution in [1.82, 2.24) is 5.32 Å². The van der Waals surface area contributed by atoms with Gasteiger partial charge < -0.3 is 24.3 Å². The third-order valence-corrected chi connectivity index (χ3v) is 2.11. The predicted octanol–water partition coefficient (Wildman–Crippen LogP) is -0.346. The van der Waals surface area contributed by atoms with Crippen molar-refractivity contribution >= 4 is 0 Å². The van der Waals surface area contributed by atoms with E-state index in [1.54, 1.807) is 7.11 Å². The SMILES string of the molecule is COCCOCCOCC1CNCCO1. The van der Waals surface area contributed by atoms with Crippen molar-refractivity contribution in [3.05, 3.63) is 0 Å². The van der Waals surface area contributed by atoms with E-state index in [-0.39, 0.29) is 6.10 Å². The fraction of sp³-hybridized carbons (Fsp3) is 1.00. The van der Waals surface area contributed by atoms with Crippen LogP contribution in [0.4, 0.5) is 0 Å². The van der Waals surface area contributed by atoms with Gasteiger partial charge >= 0.3 is 0 Å². The molecule has 1 atom stereocenters. The lowest BCUT2D eigenvalue weighted by Crippen LogP contribution is -2.41. The molecule has 0 aromatic carbocycles. The average molecular weight is 219 g/mol. The normalized spacial score (nSPS) is 21.8. The van der Waals surface area contributed by atoms with Gasteiger partial charge in [0.1, 0.15) is 0 Å². The van der Waals surface area contributed by atoms with Crippen LogP contribution in [0.25, 0.3) is 0 Å². The molecule has 5 heteroatoms. The number of nitrogens with one attached hydrogen (secondary N) is 1. The molecule has 1 N–H and O–H groups in total. The number of hydrogen-bond acceptors (Lipinski definition) is 5. The molecule has 0 radical (unpaired) electrons. The van der Waals surface area contributed by atoms with Crippen molar-refractivity contribution in [3.63, 3.8) is 0 Å². The summed E-state index contributed by atoms with van der Waals surface area (Å²) in [6.07, 6.45) is 0.192. The first-order valence-corrected chi connectivity index (χ1v) is 5.40. The lowest BCUT2D eigenvalue weighted by atomic mass is 10.3. The van der Waals surface area contributed by atoms with E-state index >= 15 is 0 Å². The molecule has 1 aliphatic heterocycles. The van der Waals surface area contributed by atoms with Crippen molar-refractivity contribution in [1.29, 1.82) is 0 Å². The molecular formula is C10H21NO4. The first-order valence-electron chi connectivity index (χ1n) is 5.40. The monoisotopic (exact) mass is 219 g/mol. The quantitative estimate of drug-likeness (QED) is 0.566. The van der Waals surface area contributed by atoms with E-state index in [1.807, 2.05) is 0 Å². The minimum atomic E-state index is 0.192. The summed E-state index contributed by atoms with van der Waals surface area (Å²) in [7, 11) is 1.66. The third kappa shape index (κ3) is 6.81. The van der Waals surface area contributed by atoms with Crippen molar-refractivity contribution in [2.24, 2.45) is 0 Å². The first-order chi connectivity index (χ1) is 7.43. The highest BCUT2D eigenvalue weighted by Gasteiger charge is 2.12. The molecule has 1 aliphatic rings. The molecule has 0 spiro atoms. The largest absolute Gasteiger partial charge is 0.382 e. The number of rotatable bonds is 8. The summed E-state index contributed by atoms with van der Waals surface area (Å²) >= 11 is 0. The summed E-state index contributed by atoms with van der Waals surface area (Å²) in [6, 6.07) is 0. The summed E-state index contributed by atoms with van der Waals surface area (Å²) < 4.78 is 21.0. The molecular weight excluding hydrogens is 198 g/mol. The van der Waals surface area contributed by atoms with E-state index in [9.17, 15) is 0 Å². The smallest absolute Gasteiger partial charge is 0.0933 e. The number of morpholine rings is 1. The van der Waals surface area contributed by atoms with Crippen LogP contribution in [-0.4, -0.2) is 65.9 Å². The zero-order valence-electron chi connectivity index (χ0n) is 9.37. The van der Waals surface area contributed by atoms with Gasteiger partial charge in [-0.05, 0) is 0 Å². The van der Waals surface area contributed by atoms with E-state index in [0.717, 1.165) is 19.7 Å². The van der Waals surface area contributed by atoms with E-state index in [4.69, 9.17) is 18.9 Å². The summed E-state index contributed by atoms with van der Waals surface area (Å²) in [5.41, 5.74) is 0. The third-order valence-electron chi connectivity index (χ3n) is 2.11. The Morgan fingerprint density at radius 1 is 1.20 bits per heavy atom. The highest BCUT2D eigenvalue weighted by Crippen LogP contribution is 1.96. The second kappa shape index (κ2) is 9.06. The Balaban J connectivity index is 1.79. The molecule has 0 aromatic heterocycles. The number of ether oxygens (including phenoxy) is 4. The van der Waals surface area contributed by atoms with Crippen LogP contribution in [0.15, 0.2) is 0 Å². The van der Waals surface area contributed by atoms with Crippen LogP contribution < -0.4 is 5.32 Å². The van der Waals surface area contributed by atoms with Crippen LogP contribution in [0.3, 0.4) is 0 Å². The van der Waals surface area contributed by atoms with Gasteiger partial charge in [0.25, 0.3) is 0 Å². The lowest BCUT2D eigenvalue weighted by molar-refractivity contribution is -0.0452. The van der Waals surface area contributed by atoms with Crippen molar-refractivity contribution in [2.75, 3.05) is 59.8 Å². The Hall–Kier alpha value is -0.200. The number of hydrogen-bond donors (Lipinski definition) is 1. The van der Waals surface area contributed by atoms with Gasteiger partial charge in [0.15, 0.2) is 0 Å². The highest BCUT2D eigenvalue weighted by molar-refractivity contribution is 4.65. The molecule has 5 nitrogen and oxygen atoms in total. The Morgan fingerprint density at radius 3 is 2.73 bits per heavy atom. The zero-order chi connectivity index (χ0) is 10.8. The Morgan fingerprint density at radius 2 is 2.00 bits per heavy atom. The van der Waals surface area contributed by atoms with Crippen molar-refractivity contribution in [2.45, 2.75) is 6.10 Å². The van der Waals surface area contributed by atoms with Gasteiger partial charge in [-0.15, -0.1) is 0 Å². The maximum Gasteiger partial charge on any atom is 0.0933 e. The van der Waals surface area contributed by atoms with Crippen LogP contribution in [0, 0.1) is 0 Å². The zero-order valence-corrected chi connectivity index (χ0v) is 9.37. The van der Waals surface area contributed by atoms with E-state index in [1.165, 1.54) is 0 Å². The topological polar surface area (TPSA) is 49.0 Å². The maximum atomic E-state index is 5.47. The van der Waals surface area contributed by atoms with Gasteiger partial charge in [-0.25, -0.2) is 0 Å². The van der Waals surface area contributed by atoms with Gasteiger partial charge in [-0.3, -0.25) is 0 Å². The van der Waals surface area contributed by atoms with Crippen LogP contribution in [0.5, 0.6) is 0 Å². The molecule has 0 amide bonds. The van der Waals surface area contributed by atoms with Crippen LogP contribution in [0.2, 0.25) is 0 Å². The van der Waals surface area contributed by atoms with Gasteiger partial charge in [0, 0.05) is 20.2 Å². The molecule has 1 unspecified atom stereocenters. The van der Waals surface area contributed by atoms with Gasteiger partial charge in [0.05, 0.1) is 45.7 Å². The Kier molecular flexibility index (Phi) is 7.77. The lowest BCUT2D eigenvalue weighted by Gasteiger charge is -2.23. The molecule has 15 heavy (non-hydrogen) atoms. The highest BCUT2D eigenvalue weighted by atomic mass is 16.6. The Labute approximate surface area is 91.0 Å². The first kappa shape index (κ1) is 12.9. The van der Waals surface area contributed by atoms with Gasteiger partial charge in [-0.2, -0.15) is 0 Å². The minimum Gasteiger partial charge on any atom is -0.382 e. The molecule has 1 saturated heterocycles. The fourth-order valence-corrected chi connectivity index (χ4v) is 1.30. The number of methoxy groups -OCH3 is 1. The summed E-state index contributed by atoms with van der Waals surface area (Å²) in [4.78, 5) is 0. The van der Waals surface area contributed by atoms with E-state index < -0.39 is 0 Å². The second-order valence-electron chi connectivity index (χ2n) is 3.38. The Bertz CT molecular complexity index is 139. The molecule has 0 aromatic rings. The molecule has 1 fully saturated rings. The minimum absolute atomic E-state index is 0.192. The molecule has 0 aliphatic carbocycles. The maximum absolute atomic E-state index is 5.47. The predicted molar refractivity (Wildman–Crippen MR) is 56.1 cm³/mol. The van der Waals surface area contributed by atoms with Crippen LogP contribution >= 0.6 is 0 Å². The second-order valence-corrected chi connectivity index (χ2v) is 3.38. The van der Waals surface area contributed by atoms with Crippen molar-refractivity contribution < 1.29 is 18.9 Å². The van der Waals surface area contributed by atoms with Crippen LogP contribution in [0.1, 0.15) is 0 Å². The fourth-order valence-electron chi connectivity index (χ4n) is 1.30. The molecule has 1 heterocycles. The van der Waals surface area contributed by atoms with E-state index in [2.05, 4.69) is 5.32 Å². The van der Waals surface area contributed by atoms with Gasteiger partial charge in [-0.1, -0.05) is 0 Å². The van der Waals surface area contributed by atoms with Crippen molar-refractivity contribution in [3.8, 4) is 0 Å². The van der Waals surface area contributed by atoms with E-state index in [0.29, 0.717) is 33.0 Å². The molecule has 90 valence electrons. The molecule has 0 saturated carbocycles.